The van der Waals surface area contributed by atoms with Gasteiger partial charge in [0.2, 0.25) is 0 Å². The molecule has 0 unspecified atom stereocenters. The van der Waals surface area contributed by atoms with E-state index in [2.05, 4.69) is 24.1 Å². The minimum absolute atomic E-state index is 0.368. The molecule has 0 atom stereocenters. The van der Waals surface area contributed by atoms with Gasteiger partial charge in [0.25, 0.3) is 11.5 Å². The first-order valence-corrected chi connectivity index (χ1v) is 7.47. The molecule has 0 aliphatic heterocycles. The lowest BCUT2D eigenvalue weighted by molar-refractivity contribution is -0.119. The summed E-state index contributed by atoms with van der Waals surface area (Å²) in [6.45, 7) is 3.51. The molecule has 1 aromatic heterocycles. The van der Waals surface area contributed by atoms with Crippen molar-refractivity contribution in [2.45, 2.75) is 19.8 Å². The average molecular weight is 346 g/mol. The molecule has 0 aliphatic carbocycles. The molecule has 1 heterocycles. The van der Waals surface area contributed by atoms with Crippen molar-refractivity contribution in [2.24, 2.45) is 0 Å². The average Bonchev–Trinajstić information content (AvgIpc) is 2.56. The smallest absolute Gasteiger partial charge is 0.357 e. The van der Waals surface area contributed by atoms with Crippen LogP contribution in [0.15, 0.2) is 33.9 Å². The molecule has 132 valence electrons. The number of aromatic amines is 2. The molecule has 0 radical (unpaired) electrons. The minimum Gasteiger partial charge on any atom is -0.451 e. The summed E-state index contributed by atoms with van der Waals surface area (Å²) in [5.41, 5.74) is 4.28. The third-order valence-electron chi connectivity index (χ3n) is 3.38. The maximum atomic E-state index is 11.8. The van der Waals surface area contributed by atoms with Crippen molar-refractivity contribution in [3.63, 3.8) is 0 Å². The van der Waals surface area contributed by atoms with E-state index >= 15 is 0 Å². The number of carbonyl (C=O) groups is 2. The van der Waals surface area contributed by atoms with Crippen LogP contribution in [0.4, 0.5) is 11.4 Å². The van der Waals surface area contributed by atoms with Crippen LogP contribution < -0.4 is 22.3 Å². The van der Waals surface area contributed by atoms with E-state index in [9.17, 15) is 19.2 Å². The van der Waals surface area contributed by atoms with E-state index in [4.69, 9.17) is 10.5 Å². The van der Waals surface area contributed by atoms with Gasteiger partial charge in [-0.2, -0.15) is 0 Å². The van der Waals surface area contributed by atoms with E-state index in [1.54, 1.807) is 12.1 Å². The second-order valence-corrected chi connectivity index (χ2v) is 5.60. The number of hydrogen-bond acceptors (Lipinski definition) is 6. The van der Waals surface area contributed by atoms with Gasteiger partial charge in [0.1, 0.15) is 5.69 Å². The van der Waals surface area contributed by atoms with Crippen LogP contribution in [0.3, 0.4) is 0 Å². The summed E-state index contributed by atoms with van der Waals surface area (Å²) in [6.07, 6.45) is 0. The summed E-state index contributed by atoms with van der Waals surface area (Å²) in [5, 5.41) is 2.57. The summed E-state index contributed by atoms with van der Waals surface area (Å²) in [7, 11) is 0. The lowest BCUT2D eigenvalue weighted by Gasteiger charge is -2.09. The third-order valence-corrected chi connectivity index (χ3v) is 3.38. The second kappa shape index (κ2) is 7.47. The highest BCUT2D eigenvalue weighted by Crippen LogP contribution is 2.17. The molecule has 0 bridgehead atoms. The Hall–Kier alpha value is -3.36. The van der Waals surface area contributed by atoms with Crippen molar-refractivity contribution >= 4 is 23.3 Å². The maximum Gasteiger partial charge on any atom is 0.357 e. The maximum absolute atomic E-state index is 11.8. The van der Waals surface area contributed by atoms with Gasteiger partial charge in [0, 0.05) is 5.69 Å². The molecular weight excluding hydrogens is 328 g/mol. The monoisotopic (exact) mass is 346 g/mol. The van der Waals surface area contributed by atoms with Gasteiger partial charge in [-0.25, -0.2) is 9.59 Å². The summed E-state index contributed by atoms with van der Waals surface area (Å²) in [6, 6.07) is 7.24. The number of H-pyrrole nitrogens is 2. The number of ether oxygens (including phenoxy) is 1. The molecule has 2 aromatic rings. The van der Waals surface area contributed by atoms with Crippen molar-refractivity contribution in [3.8, 4) is 0 Å². The molecule has 0 aliphatic rings. The van der Waals surface area contributed by atoms with Gasteiger partial charge in [-0.15, -0.1) is 0 Å². The highest BCUT2D eigenvalue weighted by Gasteiger charge is 2.17. The van der Waals surface area contributed by atoms with Gasteiger partial charge < -0.3 is 15.8 Å². The zero-order valence-electron chi connectivity index (χ0n) is 13.7. The zero-order chi connectivity index (χ0) is 18.6. The Bertz CT molecular complexity index is 896. The number of nitrogen functional groups attached to an aromatic ring is 1. The molecule has 2 rings (SSSR count). The van der Waals surface area contributed by atoms with Crippen LogP contribution in [0.2, 0.25) is 0 Å². The fourth-order valence-corrected chi connectivity index (χ4v) is 2.01. The number of amides is 1. The normalized spacial score (nSPS) is 10.5. The Kier molecular flexibility index (Phi) is 5.38. The van der Waals surface area contributed by atoms with Gasteiger partial charge in [-0.3, -0.25) is 19.6 Å². The van der Waals surface area contributed by atoms with E-state index in [1.165, 1.54) is 0 Å². The molecule has 9 heteroatoms. The van der Waals surface area contributed by atoms with Crippen LogP contribution in [-0.2, 0) is 9.53 Å². The molecular formula is C16H18N4O5. The number of carbonyl (C=O) groups excluding carboxylic acids is 2. The van der Waals surface area contributed by atoms with E-state index in [0.717, 1.165) is 5.56 Å². The van der Waals surface area contributed by atoms with Gasteiger partial charge in [-0.1, -0.05) is 26.0 Å². The van der Waals surface area contributed by atoms with Crippen LogP contribution in [-0.4, -0.2) is 28.5 Å². The van der Waals surface area contributed by atoms with Gasteiger partial charge >= 0.3 is 11.7 Å². The molecule has 5 N–H and O–H groups in total. The standard InChI is InChI=1S/C16H18N4O5/c1-8(2)9-3-5-10(6-4-9)18-11(21)7-25-15(23)13-12(17)14(22)20-16(24)19-13/h3-6,8H,7,17H2,1-2H3,(H,18,21)(H2,19,20,22,24). The lowest BCUT2D eigenvalue weighted by atomic mass is 10.0. The van der Waals surface area contributed by atoms with E-state index in [0.29, 0.717) is 11.6 Å². The number of anilines is 2. The van der Waals surface area contributed by atoms with Crippen LogP contribution in [0.1, 0.15) is 35.8 Å². The van der Waals surface area contributed by atoms with Crippen LogP contribution in [0.5, 0.6) is 0 Å². The Balaban J connectivity index is 1.97. The molecule has 0 spiro atoms. The van der Waals surface area contributed by atoms with Gasteiger partial charge in [-0.05, 0) is 23.6 Å². The van der Waals surface area contributed by atoms with E-state index in [-0.39, 0.29) is 0 Å². The number of benzene rings is 1. The first-order chi connectivity index (χ1) is 11.8. The number of aromatic nitrogens is 2. The number of esters is 1. The van der Waals surface area contributed by atoms with Gasteiger partial charge in [0.05, 0.1) is 0 Å². The largest absolute Gasteiger partial charge is 0.451 e. The molecule has 25 heavy (non-hydrogen) atoms. The predicted molar refractivity (Wildman–Crippen MR) is 91.5 cm³/mol. The Labute approximate surface area is 142 Å². The fourth-order valence-electron chi connectivity index (χ4n) is 2.01. The second-order valence-electron chi connectivity index (χ2n) is 5.60. The molecule has 0 fully saturated rings. The summed E-state index contributed by atoms with van der Waals surface area (Å²) in [5.74, 6) is -1.28. The first kappa shape index (κ1) is 18.0. The van der Waals surface area contributed by atoms with Crippen molar-refractivity contribution in [1.29, 1.82) is 0 Å². The van der Waals surface area contributed by atoms with Crippen LogP contribution in [0.25, 0.3) is 0 Å². The quantitative estimate of drug-likeness (QED) is 0.582. The highest BCUT2D eigenvalue weighted by molar-refractivity contribution is 5.96. The van der Waals surface area contributed by atoms with E-state index < -0.39 is 41.1 Å². The number of nitrogens with two attached hydrogens (primary N) is 1. The summed E-state index contributed by atoms with van der Waals surface area (Å²) < 4.78 is 4.76. The minimum atomic E-state index is -1.08. The molecule has 0 saturated heterocycles. The van der Waals surface area contributed by atoms with Crippen molar-refractivity contribution in [3.05, 3.63) is 56.4 Å². The van der Waals surface area contributed by atoms with Gasteiger partial charge in [0.15, 0.2) is 12.3 Å². The Morgan fingerprint density at radius 2 is 1.80 bits per heavy atom. The molecule has 1 aromatic carbocycles. The van der Waals surface area contributed by atoms with Crippen molar-refractivity contribution < 1.29 is 14.3 Å². The highest BCUT2D eigenvalue weighted by atomic mass is 16.5. The Morgan fingerprint density at radius 1 is 1.16 bits per heavy atom. The fraction of sp³-hybridized carbons (Fsp3) is 0.250. The van der Waals surface area contributed by atoms with Crippen LogP contribution >= 0.6 is 0 Å². The summed E-state index contributed by atoms with van der Waals surface area (Å²) in [4.78, 5) is 50.1. The van der Waals surface area contributed by atoms with E-state index in [1.807, 2.05) is 17.1 Å². The Morgan fingerprint density at radius 3 is 2.40 bits per heavy atom. The molecule has 0 saturated carbocycles. The lowest BCUT2D eigenvalue weighted by Crippen LogP contribution is -2.30. The number of rotatable bonds is 5. The first-order valence-electron chi connectivity index (χ1n) is 7.47. The van der Waals surface area contributed by atoms with Crippen molar-refractivity contribution in [1.82, 2.24) is 9.97 Å². The number of hydrogen-bond donors (Lipinski definition) is 4. The zero-order valence-corrected chi connectivity index (χ0v) is 13.7. The summed E-state index contributed by atoms with van der Waals surface area (Å²) >= 11 is 0. The van der Waals surface area contributed by atoms with Crippen molar-refractivity contribution in [2.75, 3.05) is 17.7 Å². The topological polar surface area (TPSA) is 147 Å². The molecule has 1 amide bonds. The molecule has 9 nitrogen and oxygen atoms in total. The SMILES string of the molecule is CC(C)c1ccc(NC(=O)COC(=O)c2[nH]c(=O)[nH]c(=O)c2N)cc1. The predicted octanol–water partition coefficient (Wildman–Crippen LogP) is 0.564. The third kappa shape index (κ3) is 4.56. The number of nitrogens with one attached hydrogen (secondary N) is 3. The van der Waals surface area contributed by atoms with Crippen LogP contribution in [0, 0.1) is 0 Å².